The molecular formula is C20H18N2O4S. The minimum Gasteiger partial charge on any atom is -0.460 e. The second kappa shape index (κ2) is 9.05. The highest BCUT2D eigenvalue weighted by molar-refractivity contribution is 7.80. The lowest BCUT2D eigenvalue weighted by Crippen LogP contribution is -2.45. The van der Waals surface area contributed by atoms with Gasteiger partial charge in [-0.25, -0.2) is 9.79 Å². The van der Waals surface area contributed by atoms with Crippen LogP contribution >= 0.6 is 12.2 Å². The average Bonchev–Trinajstić information content (AvgIpc) is 2.71. The van der Waals surface area contributed by atoms with Crippen LogP contribution in [0.2, 0.25) is 0 Å². The van der Waals surface area contributed by atoms with E-state index in [2.05, 4.69) is 10.3 Å². The molecule has 7 heteroatoms. The highest BCUT2D eigenvalue weighted by Crippen LogP contribution is 2.13. The van der Waals surface area contributed by atoms with E-state index in [0.717, 1.165) is 11.1 Å². The lowest BCUT2D eigenvalue weighted by atomic mass is 10.0. The van der Waals surface area contributed by atoms with E-state index in [9.17, 15) is 9.59 Å². The van der Waals surface area contributed by atoms with Gasteiger partial charge < -0.3 is 14.8 Å². The van der Waals surface area contributed by atoms with Gasteiger partial charge in [0.05, 0.1) is 0 Å². The van der Waals surface area contributed by atoms with Gasteiger partial charge in [0.25, 0.3) is 0 Å². The summed E-state index contributed by atoms with van der Waals surface area (Å²) in [7, 11) is 0. The van der Waals surface area contributed by atoms with Crippen LogP contribution in [-0.2, 0) is 32.3 Å². The van der Waals surface area contributed by atoms with Crippen molar-refractivity contribution >= 4 is 35.0 Å². The zero-order valence-electron chi connectivity index (χ0n) is 14.5. The van der Waals surface area contributed by atoms with Crippen LogP contribution in [0.3, 0.4) is 0 Å². The van der Waals surface area contributed by atoms with Gasteiger partial charge in [0.1, 0.15) is 24.8 Å². The zero-order chi connectivity index (χ0) is 19.1. The first-order valence-electron chi connectivity index (χ1n) is 8.41. The second-order valence-corrected chi connectivity index (χ2v) is 6.28. The fourth-order valence-electron chi connectivity index (χ4n) is 2.52. The van der Waals surface area contributed by atoms with Crippen molar-refractivity contribution in [2.45, 2.75) is 13.2 Å². The third kappa shape index (κ3) is 5.21. The Morgan fingerprint density at radius 2 is 1.52 bits per heavy atom. The van der Waals surface area contributed by atoms with E-state index in [1.807, 2.05) is 60.7 Å². The molecule has 2 aromatic rings. The van der Waals surface area contributed by atoms with Crippen molar-refractivity contribution in [1.29, 1.82) is 0 Å². The predicted molar refractivity (Wildman–Crippen MR) is 104 cm³/mol. The van der Waals surface area contributed by atoms with Crippen LogP contribution in [0, 0.1) is 5.92 Å². The third-order valence-corrected chi connectivity index (χ3v) is 4.18. The molecule has 1 aliphatic rings. The van der Waals surface area contributed by atoms with Crippen LogP contribution in [0.1, 0.15) is 11.1 Å². The fourth-order valence-corrected chi connectivity index (χ4v) is 2.70. The van der Waals surface area contributed by atoms with Crippen molar-refractivity contribution in [3.05, 3.63) is 71.8 Å². The van der Waals surface area contributed by atoms with Gasteiger partial charge in [-0.05, 0) is 23.3 Å². The molecule has 0 aromatic heterocycles. The summed E-state index contributed by atoms with van der Waals surface area (Å²) < 4.78 is 10.6. The first kappa shape index (κ1) is 18.7. The molecule has 1 unspecified atom stereocenters. The Morgan fingerprint density at radius 1 is 0.963 bits per heavy atom. The number of carbonyl (C=O) groups excluding carboxylic acids is 2. The van der Waals surface area contributed by atoms with Gasteiger partial charge in [0.15, 0.2) is 5.11 Å². The van der Waals surface area contributed by atoms with Crippen LogP contribution in [0.15, 0.2) is 65.7 Å². The van der Waals surface area contributed by atoms with Gasteiger partial charge in [0, 0.05) is 6.54 Å². The molecule has 0 bridgehead atoms. The van der Waals surface area contributed by atoms with Gasteiger partial charge in [0.2, 0.25) is 0 Å². The Hall–Kier alpha value is -3.06. The monoisotopic (exact) mass is 382 g/mol. The standard InChI is InChI=1S/C20H18N2O4S/c23-18(25-12-14-7-3-1-4-8-14)16-11-21-20(27)22-17(16)19(24)26-13-15-9-5-2-6-10-15/h1-10,16H,11-13H2,(H,21,27). The van der Waals surface area contributed by atoms with Crippen molar-refractivity contribution in [1.82, 2.24) is 5.32 Å². The molecule has 3 rings (SSSR count). The van der Waals surface area contributed by atoms with Gasteiger partial charge in [-0.2, -0.15) is 0 Å². The molecule has 0 saturated carbocycles. The molecule has 2 aromatic carbocycles. The van der Waals surface area contributed by atoms with Crippen molar-refractivity contribution in [3.63, 3.8) is 0 Å². The molecule has 0 saturated heterocycles. The molecule has 1 heterocycles. The summed E-state index contributed by atoms with van der Waals surface area (Å²) in [4.78, 5) is 28.9. The number of nitrogens with one attached hydrogen (secondary N) is 1. The normalized spacial score (nSPS) is 16.1. The summed E-state index contributed by atoms with van der Waals surface area (Å²) in [5, 5.41) is 2.95. The van der Waals surface area contributed by atoms with Crippen LogP contribution in [-0.4, -0.2) is 29.3 Å². The quantitative estimate of drug-likeness (QED) is 0.611. The van der Waals surface area contributed by atoms with Crippen molar-refractivity contribution in [2.24, 2.45) is 10.9 Å². The summed E-state index contributed by atoms with van der Waals surface area (Å²) in [6.45, 7) is 0.351. The second-order valence-electron chi connectivity index (χ2n) is 5.89. The minimum atomic E-state index is -0.872. The highest BCUT2D eigenvalue weighted by atomic mass is 32.1. The minimum absolute atomic E-state index is 0.0345. The number of aliphatic imine (C=N–C) groups is 1. The number of hydrogen-bond donors (Lipinski definition) is 1. The molecule has 0 spiro atoms. The maximum Gasteiger partial charge on any atom is 0.354 e. The predicted octanol–water partition coefficient (Wildman–Crippen LogP) is 2.42. The smallest absolute Gasteiger partial charge is 0.354 e. The largest absolute Gasteiger partial charge is 0.460 e. The number of thiocarbonyl (C=S) groups is 1. The molecule has 1 atom stereocenters. The van der Waals surface area contributed by atoms with Crippen LogP contribution in [0.5, 0.6) is 0 Å². The molecular weight excluding hydrogens is 364 g/mol. The molecule has 0 amide bonds. The van der Waals surface area contributed by atoms with E-state index >= 15 is 0 Å². The van der Waals surface area contributed by atoms with Crippen LogP contribution in [0.25, 0.3) is 0 Å². The highest BCUT2D eigenvalue weighted by Gasteiger charge is 2.35. The van der Waals surface area contributed by atoms with Crippen LogP contribution < -0.4 is 5.32 Å². The third-order valence-electron chi connectivity index (χ3n) is 3.94. The summed E-state index contributed by atoms with van der Waals surface area (Å²) in [6.07, 6.45) is 0. The Balaban J connectivity index is 1.64. The Bertz CT molecular complexity index is 853. The van der Waals surface area contributed by atoms with E-state index in [1.54, 1.807) is 0 Å². The van der Waals surface area contributed by atoms with Gasteiger partial charge in [-0.3, -0.25) is 4.79 Å². The lowest BCUT2D eigenvalue weighted by Gasteiger charge is -2.22. The van der Waals surface area contributed by atoms with Gasteiger partial charge >= 0.3 is 11.9 Å². The first-order chi connectivity index (χ1) is 13.1. The molecule has 138 valence electrons. The number of ether oxygens (including phenoxy) is 2. The Kier molecular flexibility index (Phi) is 6.27. The molecule has 6 nitrogen and oxygen atoms in total. The van der Waals surface area contributed by atoms with Crippen molar-refractivity contribution < 1.29 is 19.1 Å². The first-order valence-corrected chi connectivity index (χ1v) is 8.82. The molecule has 27 heavy (non-hydrogen) atoms. The van der Waals surface area contributed by atoms with Crippen LogP contribution in [0.4, 0.5) is 0 Å². The molecule has 1 aliphatic heterocycles. The number of rotatable bonds is 6. The maximum absolute atomic E-state index is 12.5. The summed E-state index contributed by atoms with van der Waals surface area (Å²) in [5.41, 5.74) is 1.66. The molecule has 1 N–H and O–H groups in total. The zero-order valence-corrected chi connectivity index (χ0v) is 15.3. The Labute approximate surface area is 162 Å². The summed E-state index contributed by atoms with van der Waals surface area (Å²) in [5.74, 6) is -2.10. The summed E-state index contributed by atoms with van der Waals surface area (Å²) in [6, 6.07) is 18.6. The maximum atomic E-state index is 12.5. The molecule has 0 radical (unpaired) electrons. The number of esters is 2. The number of carbonyl (C=O) groups is 2. The molecule has 0 fully saturated rings. The summed E-state index contributed by atoms with van der Waals surface area (Å²) >= 11 is 5.00. The lowest BCUT2D eigenvalue weighted by molar-refractivity contribution is -0.149. The van der Waals surface area contributed by atoms with Gasteiger partial charge in [-0.1, -0.05) is 60.7 Å². The number of benzene rings is 2. The van der Waals surface area contributed by atoms with E-state index in [-0.39, 0.29) is 30.6 Å². The molecule has 0 aliphatic carbocycles. The number of nitrogens with zero attached hydrogens (tertiary/aromatic N) is 1. The topological polar surface area (TPSA) is 77.0 Å². The van der Waals surface area contributed by atoms with E-state index < -0.39 is 17.9 Å². The average molecular weight is 382 g/mol. The van der Waals surface area contributed by atoms with Crippen molar-refractivity contribution in [2.75, 3.05) is 6.54 Å². The van der Waals surface area contributed by atoms with E-state index in [0.29, 0.717) is 0 Å². The SMILES string of the molecule is O=C(OCc1ccccc1)C1=NC(=S)NCC1C(=O)OCc1ccccc1. The number of hydrogen-bond acceptors (Lipinski definition) is 5. The van der Waals surface area contributed by atoms with Crippen molar-refractivity contribution in [3.8, 4) is 0 Å². The Morgan fingerprint density at radius 3 is 2.11 bits per heavy atom. The van der Waals surface area contributed by atoms with Gasteiger partial charge in [-0.15, -0.1) is 0 Å². The van der Waals surface area contributed by atoms with E-state index in [1.165, 1.54) is 0 Å². The van der Waals surface area contributed by atoms with E-state index in [4.69, 9.17) is 21.7 Å². The fraction of sp³-hybridized carbons (Fsp3) is 0.200.